The third-order valence-corrected chi connectivity index (χ3v) is 3.59. The van der Waals surface area contributed by atoms with Gasteiger partial charge in [0.1, 0.15) is 10.5 Å². The molecule has 2 N–H and O–H groups in total. The van der Waals surface area contributed by atoms with Gasteiger partial charge in [0, 0.05) is 10.7 Å². The molecular formula is C12H8BrN3OS. The maximum atomic E-state index is 5.83. The van der Waals surface area contributed by atoms with Gasteiger partial charge in [0.2, 0.25) is 0 Å². The fourth-order valence-corrected chi connectivity index (χ4v) is 2.43. The zero-order valence-corrected chi connectivity index (χ0v) is 11.5. The molecule has 3 rings (SSSR count). The number of nitrogens with zero attached hydrogens (tertiary/aromatic N) is 2. The summed E-state index contributed by atoms with van der Waals surface area (Å²) in [6.45, 7) is 0. The number of nitrogen functional groups attached to an aromatic ring is 1. The summed E-state index contributed by atoms with van der Waals surface area (Å²) < 4.78 is 6.54. The van der Waals surface area contributed by atoms with Crippen LogP contribution in [0.1, 0.15) is 0 Å². The normalized spacial score (nSPS) is 10.9. The Morgan fingerprint density at radius 1 is 1.22 bits per heavy atom. The van der Waals surface area contributed by atoms with Gasteiger partial charge in [-0.15, -0.1) is 0 Å². The first-order valence-electron chi connectivity index (χ1n) is 5.17. The third kappa shape index (κ3) is 2.21. The Bertz CT molecular complexity index is 696. The Morgan fingerprint density at radius 3 is 2.83 bits per heavy atom. The third-order valence-electron chi connectivity index (χ3n) is 2.32. The predicted octanol–water partition coefficient (Wildman–Crippen LogP) is 3.72. The van der Waals surface area contributed by atoms with Crippen LogP contribution in [0.3, 0.4) is 0 Å². The van der Waals surface area contributed by atoms with Crippen molar-refractivity contribution in [3.05, 3.63) is 41.0 Å². The summed E-state index contributed by atoms with van der Waals surface area (Å²) in [4.78, 5) is 8.60. The molecule has 0 radical (unpaired) electrons. The van der Waals surface area contributed by atoms with Gasteiger partial charge in [0.25, 0.3) is 5.22 Å². The molecule has 0 amide bonds. The number of halogens is 1. The van der Waals surface area contributed by atoms with Gasteiger partial charge in [0.15, 0.2) is 5.58 Å². The number of pyridine rings is 1. The molecule has 0 spiro atoms. The summed E-state index contributed by atoms with van der Waals surface area (Å²) in [6, 6.07) is 9.31. The van der Waals surface area contributed by atoms with Crippen LogP contribution in [0.15, 0.2) is 55.7 Å². The van der Waals surface area contributed by atoms with E-state index in [2.05, 4.69) is 25.9 Å². The van der Waals surface area contributed by atoms with Crippen LogP contribution in [0.25, 0.3) is 11.1 Å². The Balaban J connectivity index is 1.95. The van der Waals surface area contributed by atoms with Crippen molar-refractivity contribution >= 4 is 44.5 Å². The van der Waals surface area contributed by atoms with E-state index in [4.69, 9.17) is 10.2 Å². The van der Waals surface area contributed by atoms with E-state index in [1.165, 1.54) is 11.8 Å². The van der Waals surface area contributed by atoms with Crippen molar-refractivity contribution in [1.29, 1.82) is 0 Å². The summed E-state index contributed by atoms with van der Waals surface area (Å²) in [5.74, 6) is 0. The molecule has 1 aromatic carbocycles. The molecule has 0 saturated carbocycles. The summed E-state index contributed by atoms with van der Waals surface area (Å²) >= 11 is 4.71. The fourth-order valence-electron chi connectivity index (χ4n) is 1.51. The summed E-state index contributed by atoms with van der Waals surface area (Å²) in [5, 5.41) is 1.36. The lowest BCUT2D eigenvalue weighted by molar-refractivity contribution is 0.489. The van der Waals surface area contributed by atoms with E-state index in [0.29, 0.717) is 22.0 Å². The van der Waals surface area contributed by atoms with E-state index in [1.54, 1.807) is 12.3 Å². The Morgan fingerprint density at radius 2 is 2.11 bits per heavy atom. The number of oxazole rings is 1. The molecule has 0 aliphatic rings. The monoisotopic (exact) mass is 321 g/mol. The molecular weight excluding hydrogens is 314 g/mol. The maximum Gasteiger partial charge on any atom is 0.263 e. The first-order valence-corrected chi connectivity index (χ1v) is 6.78. The van der Waals surface area contributed by atoms with Gasteiger partial charge in [-0.2, -0.15) is 0 Å². The van der Waals surface area contributed by atoms with Crippen molar-refractivity contribution in [2.24, 2.45) is 0 Å². The average molecular weight is 322 g/mol. The van der Waals surface area contributed by atoms with Crippen LogP contribution < -0.4 is 5.73 Å². The topological polar surface area (TPSA) is 64.9 Å². The molecule has 0 saturated heterocycles. The van der Waals surface area contributed by atoms with Crippen LogP contribution in [-0.2, 0) is 0 Å². The molecule has 0 unspecified atom stereocenters. The zero-order chi connectivity index (χ0) is 12.5. The van der Waals surface area contributed by atoms with Gasteiger partial charge < -0.3 is 10.2 Å². The second-order valence-electron chi connectivity index (χ2n) is 3.59. The van der Waals surface area contributed by atoms with Crippen molar-refractivity contribution in [3.8, 4) is 0 Å². The molecule has 3 aromatic rings. The van der Waals surface area contributed by atoms with Gasteiger partial charge >= 0.3 is 0 Å². The maximum absolute atomic E-state index is 5.83. The predicted molar refractivity (Wildman–Crippen MR) is 74.5 cm³/mol. The van der Waals surface area contributed by atoms with Gasteiger partial charge in [0.05, 0.1) is 5.69 Å². The standard InChI is InChI=1S/C12H8BrN3OS/c13-7-4-5-10(15-6-7)18-12-16-11-8(14)2-1-3-9(11)17-12/h1-6H,14H2. The van der Waals surface area contributed by atoms with Gasteiger partial charge in [-0.1, -0.05) is 6.07 Å². The van der Waals surface area contributed by atoms with Crippen molar-refractivity contribution in [2.75, 3.05) is 5.73 Å². The summed E-state index contributed by atoms with van der Waals surface area (Å²) in [7, 11) is 0. The number of fused-ring (bicyclic) bond motifs is 1. The molecule has 18 heavy (non-hydrogen) atoms. The Kier molecular flexibility index (Phi) is 2.97. The average Bonchev–Trinajstić information content (AvgIpc) is 2.76. The quantitative estimate of drug-likeness (QED) is 0.729. The number of para-hydroxylation sites is 1. The molecule has 0 atom stereocenters. The van der Waals surface area contributed by atoms with Crippen molar-refractivity contribution in [2.45, 2.75) is 10.2 Å². The van der Waals surface area contributed by atoms with Gasteiger partial charge in [-0.25, -0.2) is 9.97 Å². The second kappa shape index (κ2) is 4.62. The van der Waals surface area contributed by atoms with Crippen LogP contribution in [0.4, 0.5) is 5.69 Å². The molecule has 6 heteroatoms. The number of hydrogen-bond acceptors (Lipinski definition) is 5. The highest BCUT2D eigenvalue weighted by Gasteiger charge is 2.09. The zero-order valence-electron chi connectivity index (χ0n) is 9.13. The minimum atomic E-state index is 0.540. The molecule has 0 bridgehead atoms. The van der Waals surface area contributed by atoms with Crippen LogP contribution >= 0.6 is 27.7 Å². The van der Waals surface area contributed by atoms with Crippen LogP contribution in [0.2, 0.25) is 0 Å². The number of anilines is 1. The highest BCUT2D eigenvalue weighted by atomic mass is 79.9. The molecule has 90 valence electrons. The first-order chi connectivity index (χ1) is 8.72. The SMILES string of the molecule is Nc1cccc2oc(Sc3ccc(Br)cn3)nc12. The van der Waals surface area contributed by atoms with Crippen molar-refractivity contribution in [3.63, 3.8) is 0 Å². The van der Waals surface area contributed by atoms with E-state index in [0.717, 1.165) is 9.50 Å². The van der Waals surface area contributed by atoms with Crippen molar-refractivity contribution < 1.29 is 4.42 Å². The van der Waals surface area contributed by atoms with Crippen LogP contribution in [-0.4, -0.2) is 9.97 Å². The van der Waals surface area contributed by atoms with E-state index in [9.17, 15) is 0 Å². The van der Waals surface area contributed by atoms with Crippen molar-refractivity contribution in [1.82, 2.24) is 9.97 Å². The molecule has 2 heterocycles. The van der Waals surface area contributed by atoms with Crippen LogP contribution in [0, 0.1) is 0 Å². The number of aromatic nitrogens is 2. The highest BCUT2D eigenvalue weighted by Crippen LogP contribution is 2.30. The Hall–Kier alpha value is -1.53. The lowest BCUT2D eigenvalue weighted by Gasteiger charge is -1.95. The van der Waals surface area contributed by atoms with E-state index < -0.39 is 0 Å². The summed E-state index contributed by atoms with van der Waals surface area (Å²) in [6.07, 6.45) is 1.74. The molecule has 0 fully saturated rings. The van der Waals surface area contributed by atoms with Gasteiger partial charge in [-0.3, -0.25) is 0 Å². The number of nitrogens with two attached hydrogens (primary N) is 1. The Labute approximate surface area is 116 Å². The molecule has 0 aliphatic heterocycles. The second-order valence-corrected chi connectivity index (χ2v) is 5.48. The number of hydrogen-bond donors (Lipinski definition) is 1. The van der Waals surface area contributed by atoms with Crippen LogP contribution in [0.5, 0.6) is 0 Å². The smallest absolute Gasteiger partial charge is 0.263 e. The number of benzene rings is 1. The summed E-state index contributed by atoms with van der Waals surface area (Å²) in [5.41, 5.74) is 7.83. The number of rotatable bonds is 2. The minimum absolute atomic E-state index is 0.540. The largest absolute Gasteiger partial charge is 0.431 e. The van der Waals surface area contributed by atoms with E-state index in [1.807, 2.05) is 24.3 Å². The van der Waals surface area contributed by atoms with E-state index >= 15 is 0 Å². The molecule has 0 aliphatic carbocycles. The molecule has 4 nitrogen and oxygen atoms in total. The van der Waals surface area contributed by atoms with E-state index in [-0.39, 0.29) is 0 Å². The lowest BCUT2D eigenvalue weighted by Crippen LogP contribution is -1.84. The minimum Gasteiger partial charge on any atom is -0.431 e. The van der Waals surface area contributed by atoms with Gasteiger partial charge in [-0.05, 0) is 52.0 Å². The highest BCUT2D eigenvalue weighted by molar-refractivity contribution is 9.10. The lowest BCUT2D eigenvalue weighted by atomic mass is 10.3. The fraction of sp³-hybridized carbons (Fsp3) is 0. The first kappa shape index (κ1) is 11.6. The molecule has 2 aromatic heterocycles.